The monoisotopic (exact) mass is 208 g/mol. The maximum absolute atomic E-state index is 10.1. The molecule has 2 nitrogen and oxygen atoms in total. The van der Waals surface area contributed by atoms with Crippen LogP contribution in [0, 0.1) is 0 Å². The Kier molecular flexibility index (Phi) is 4.30. The molecule has 0 saturated carbocycles. The Labute approximate surface area is 92.8 Å². The van der Waals surface area contributed by atoms with Crippen LogP contribution < -0.4 is 0 Å². The zero-order valence-electron chi connectivity index (χ0n) is 9.98. The first kappa shape index (κ1) is 12.2. The third-order valence-corrected chi connectivity index (χ3v) is 3.32. The third-order valence-electron chi connectivity index (χ3n) is 3.32. The minimum absolute atomic E-state index is 0.351. The van der Waals surface area contributed by atoms with Gasteiger partial charge >= 0.3 is 0 Å². The summed E-state index contributed by atoms with van der Waals surface area (Å²) >= 11 is 0. The van der Waals surface area contributed by atoms with Crippen LogP contribution in [0.4, 0.5) is 0 Å². The van der Waals surface area contributed by atoms with Crippen LogP contribution in [0.1, 0.15) is 25.5 Å². The molecule has 0 aromatic heterocycles. The second-order valence-electron chi connectivity index (χ2n) is 4.36. The molecule has 0 aliphatic rings. The van der Waals surface area contributed by atoms with E-state index >= 15 is 0 Å². The Hall–Kier alpha value is -0.860. The van der Waals surface area contributed by atoms with Crippen LogP contribution >= 0.6 is 0 Å². The Morgan fingerprint density at radius 3 is 2.13 bits per heavy atom. The van der Waals surface area contributed by atoms with E-state index in [-0.39, 0.29) is 6.10 Å². The van der Waals surface area contributed by atoms with Crippen molar-refractivity contribution in [3.63, 3.8) is 0 Å². The lowest BCUT2D eigenvalue weighted by Gasteiger charge is -2.34. The highest BCUT2D eigenvalue weighted by Gasteiger charge is 2.22. The molecule has 1 unspecified atom stereocenters. The molecule has 0 bridgehead atoms. The number of benzene rings is 1. The lowest BCUT2D eigenvalue weighted by molar-refractivity contribution is -0.909. The zero-order chi connectivity index (χ0) is 11.3. The van der Waals surface area contributed by atoms with E-state index < -0.39 is 0 Å². The quantitative estimate of drug-likeness (QED) is 0.736. The van der Waals surface area contributed by atoms with E-state index in [9.17, 15) is 5.11 Å². The highest BCUT2D eigenvalue weighted by Crippen LogP contribution is 2.16. The van der Waals surface area contributed by atoms with Gasteiger partial charge in [-0.2, -0.15) is 0 Å². The van der Waals surface area contributed by atoms with Gasteiger partial charge in [0, 0.05) is 0 Å². The van der Waals surface area contributed by atoms with Crippen LogP contribution in [-0.4, -0.2) is 36.3 Å². The molecule has 0 spiro atoms. The van der Waals surface area contributed by atoms with Crippen LogP contribution in [0.5, 0.6) is 0 Å². The van der Waals surface area contributed by atoms with E-state index in [1.807, 2.05) is 30.3 Å². The molecule has 84 valence electrons. The maximum atomic E-state index is 10.1. The highest BCUT2D eigenvalue weighted by molar-refractivity contribution is 5.17. The lowest BCUT2D eigenvalue weighted by atomic mass is 10.1. The normalized spacial score (nSPS) is 13.9. The molecule has 1 atom stereocenters. The maximum Gasteiger partial charge on any atom is 0.128 e. The van der Waals surface area contributed by atoms with Gasteiger partial charge in [0.2, 0.25) is 0 Å². The third kappa shape index (κ3) is 3.33. The molecule has 1 rings (SSSR count). The molecule has 1 aromatic carbocycles. The van der Waals surface area contributed by atoms with Gasteiger partial charge in [0.1, 0.15) is 12.6 Å². The van der Waals surface area contributed by atoms with Crippen molar-refractivity contribution in [2.45, 2.75) is 20.0 Å². The number of hydrogen-bond donors (Lipinski definition) is 1. The zero-order valence-corrected chi connectivity index (χ0v) is 9.98. The molecule has 0 amide bonds. The smallest absolute Gasteiger partial charge is 0.128 e. The van der Waals surface area contributed by atoms with Gasteiger partial charge in [-0.25, -0.2) is 0 Å². The van der Waals surface area contributed by atoms with Crippen molar-refractivity contribution in [3.8, 4) is 0 Å². The van der Waals surface area contributed by atoms with Gasteiger partial charge in [0.25, 0.3) is 0 Å². The van der Waals surface area contributed by atoms with Crippen LogP contribution in [0.2, 0.25) is 0 Å². The molecule has 0 fully saturated rings. The second-order valence-corrected chi connectivity index (χ2v) is 4.36. The van der Waals surface area contributed by atoms with E-state index in [4.69, 9.17) is 0 Å². The number of quaternary nitrogens is 1. The number of aliphatic hydroxyl groups is 1. The van der Waals surface area contributed by atoms with E-state index in [1.54, 1.807) is 0 Å². The SMILES string of the molecule is CC[N+](C)(CC)CC(O)c1ccccc1. The first-order valence-corrected chi connectivity index (χ1v) is 5.68. The van der Waals surface area contributed by atoms with Crippen LogP contribution in [0.3, 0.4) is 0 Å². The molecule has 15 heavy (non-hydrogen) atoms. The van der Waals surface area contributed by atoms with Crippen LogP contribution in [0.15, 0.2) is 30.3 Å². The summed E-state index contributed by atoms with van der Waals surface area (Å²) in [5, 5.41) is 10.1. The van der Waals surface area contributed by atoms with Gasteiger partial charge in [0.05, 0.1) is 20.1 Å². The number of aliphatic hydroxyl groups excluding tert-OH is 1. The number of hydrogen-bond acceptors (Lipinski definition) is 1. The molecular weight excluding hydrogens is 186 g/mol. The van der Waals surface area contributed by atoms with Crippen molar-refractivity contribution in [3.05, 3.63) is 35.9 Å². The summed E-state index contributed by atoms with van der Waals surface area (Å²) in [5.41, 5.74) is 1.02. The molecule has 1 N–H and O–H groups in total. The molecule has 0 radical (unpaired) electrons. The van der Waals surface area contributed by atoms with Gasteiger partial charge < -0.3 is 9.59 Å². The largest absolute Gasteiger partial charge is 0.382 e. The van der Waals surface area contributed by atoms with Gasteiger partial charge in [-0.3, -0.25) is 0 Å². The molecular formula is C13H22NO+. The van der Waals surface area contributed by atoms with Gasteiger partial charge in [-0.05, 0) is 19.4 Å². The topological polar surface area (TPSA) is 20.2 Å². The van der Waals surface area contributed by atoms with E-state index in [1.165, 1.54) is 0 Å². The summed E-state index contributed by atoms with van der Waals surface area (Å²) in [6.45, 7) is 7.24. The number of nitrogens with zero attached hydrogens (tertiary/aromatic N) is 1. The Bertz CT molecular complexity index is 280. The van der Waals surface area contributed by atoms with Crippen LogP contribution in [-0.2, 0) is 0 Å². The van der Waals surface area contributed by atoms with Gasteiger partial charge in [-0.15, -0.1) is 0 Å². The van der Waals surface area contributed by atoms with Crippen molar-refractivity contribution >= 4 is 0 Å². The van der Waals surface area contributed by atoms with Gasteiger partial charge in [-0.1, -0.05) is 30.3 Å². The minimum atomic E-state index is -0.351. The molecule has 0 saturated heterocycles. The Morgan fingerprint density at radius 1 is 1.13 bits per heavy atom. The van der Waals surface area contributed by atoms with Crippen molar-refractivity contribution in [1.82, 2.24) is 0 Å². The Balaban J connectivity index is 2.67. The van der Waals surface area contributed by atoms with E-state index in [0.29, 0.717) is 0 Å². The fraction of sp³-hybridized carbons (Fsp3) is 0.538. The first-order valence-electron chi connectivity index (χ1n) is 5.68. The second kappa shape index (κ2) is 5.29. The standard InChI is InChI=1S/C13H22NO/c1-4-14(3,5-2)11-13(15)12-9-7-6-8-10-12/h6-10,13,15H,4-5,11H2,1-3H3/q+1. The van der Waals surface area contributed by atoms with Crippen molar-refractivity contribution < 1.29 is 9.59 Å². The summed E-state index contributed by atoms with van der Waals surface area (Å²) in [5.74, 6) is 0. The number of likely N-dealkylation sites (N-methyl/N-ethyl adjacent to an activating group) is 1. The van der Waals surface area contributed by atoms with Crippen molar-refractivity contribution in [2.24, 2.45) is 0 Å². The van der Waals surface area contributed by atoms with E-state index in [2.05, 4.69) is 20.9 Å². The van der Waals surface area contributed by atoms with E-state index in [0.717, 1.165) is 29.7 Å². The Morgan fingerprint density at radius 2 is 1.67 bits per heavy atom. The predicted molar refractivity (Wildman–Crippen MR) is 63.5 cm³/mol. The summed E-state index contributed by atoms with van der Waals surface area (Å²) in [4.78, 5) is 0. The van der Waals surface area contributed by atoms with Crippen molar-refractivity contribution in [1.29, 1.82) is 0 Å². The fourth-order valence-electron chi connectivity index (χ4n) is 1.68. The lowest BCUT2D eigenvalue weighted by Crippen LogP contribution is -2.46. The number of rotatable bonds is 5. The van der Waals surface area contributed by atoms with Crippen molar-refractivity contribution in [2.75, 3.05) is 26.7 Å². The average molecular weight is 208 g/mol. The summed E-state index contributed by atoms with van der Waals surface area (Å²) in [7, 11) is 2.19. The first-order chi connectivity index (χ1) is 7.11. The minimum Gasteiger partial charge on any atom is -0.382 e. The predicted octanol–water partition coefficient (Wildman–Crippen LogP) is 2.21. The summed E-state index contributed by atoms with van der Waals surface area (Å²) in [6.07, 6.45) is -0.351. The highest BCUT2D eigenvalue weighted by atomic mass is 16.3. The fourth-order valence-corrected chi connectivity index (χ4v) is 1.68. The molecule has 1 aromatic rings. The van der Waals surface area contributed by atoms with Gasteiger partial charge in [0.15, 0.2) is 0 Å². The molecule has 0 aliphatic heterocycles. The molecule has 0 aliphatic carbocycles. The summed E-state index contributed by atoms with van der Waals surface area (Å²) < 4.78 is 0.913. The average Bonchev–Trinajstić information content (AvgIpc) is 2.30. The summed E-state index contributed by atoms with van der Waals surface area (Å²) in [6, 6.07) is 9.89. The molecule has 0 heterocycles. The van der Waals surface area contributed by atoms with Crippen LogP contribution in [0.25, 0.3) is 0 Å². The molecule has 2 heteroatoms.